The van der Waals surface area contributed by atoms with Crippen molar-refractivity contribution in [2.45, 2.75) is 54.1 Å². The second-order valence-corrected chi connectivity index (χ2v) is 6.08. The van der Waals surface area contributed by atoms with Crippen molar-refractivity contribution in [1.29, 1.82) is 0 Å². The van der Waals surface area contributed by atoms with E-state index in [1.165, 1.54) is 12.5 Å². The van der Waals surface area contributed by atoms with E-state index in [-0.39, 0.29) is 17.5 Å². The summed E-state index contributed by atoms with van der Waals surface area (Å²) >= 11 is 0. The zero-order chi connectivity index (χ0) is 13.9. The number of hydrogen-bond donors (Lipinski definition) is 0. The van der Waals surface area contributed by atoms with Crippen LogP contribution in [0.4, 0.5) is 0 Å². The average Bonchev–Trinajstić information content (AvgIpc) is 2.22. The van der Waals surface area contributed by atoms with Crippen molar-refractivity contribution in [3.05, 3.63) is 23.8 Å². The fourth-order valence-electron chi connectivity index (χ4n) is 2.66. The predicted molar refractivity (Wildman–Crippen MR) is 75.2 cm³/mol. The quantitative estimate of drug-likeness (QED) is 0.556. The Balaban J connectivity index is 2.80. The molecule has 0 spiro atoms. The summed E-state index contributed by atoms with van der Waals surface area (Å²) in [6.45, 7) is 12.5. The van der Waals surface area contributed by atoms with E-state index >= 15 is 0 Å². The molecule has 3 atom stereocenters. The van der Waals surface area contributed by atoms with Crippen LogP contribution in [0.15, 0.2) is 23.8 Å². The fraction of sp³-hybridized carbons (Fsp3) is 0.688. The standard InChI is InChI=1S/C16H26O2/c1-11-7-8-12(2)16(5,6)15(11)10-9-13(3)18-14(4)17/h7,9-10,12-13,15H,8H2,1-6H3/t12-,13-,15-/m0/s1. The topological polar surface area (TPSA) is 26.3 Å². The Kier molecular flexibility index (Phi) is 4.78. The number of carbonyl (C=O) groups is 1. The summed E-state index contributed by atoms with van der Waals surface area (Å²) in [5.74, 6) is 0.870. The van der Waals surface area contributed by atoms with Gasteiger partial charge in [-0.3, -0.25) is 4.79 Å². The Morgan fingerprint density at radius 2 is 2.17 bits per heavy atom. The van der Waals surface area contributed by atoms with E-state index in [2.05, 4.69) is 39.8 Å². The van der Waals surface area contributed by atoms with Gasteiger partial charge in [-0.1, -0.05) is 38.5 Å². The largest absolute Gasteiger partial charge is 0.459 e. The molecule has 0 saturated heterocycles. The minimum Gasteiger partial charge on any atom is -0.459 e. The molecule has 0 radical (unpaired) electrons. The molecule has 0 saturated carbocycles. The van der Waals surface area contributed by atoms with E-state index in [9.17, 15) is 4.79 Å². The molecule has 18 heavy (non-hydrogen) atoms. The number of hydrogen-bond acceptors (Lipinski definition) is 2. The molecule has 2 heteroatoms. The lowest BCUT2D eigenvalue weighted by Gasteiger charge is -2.42. The molecule has 0 unspecified atom stereocenters. The van der Waals surface area contributed by atoms with E-state index in [1.807, 2.05) is 13.0 Å². The Morgan fingerprint density at radius 3 is 2.72 bits per heavy atom. The molecular formula is C16H26O2. The van der Waals surface area contributed by atoms with Gasteiger partial charge in [-0.25, -0.2) is 0 Å². The van der Waals surface area contributed by atoms with Crippen LogP contribution >= 0.6 is 0 Å². The van der Waals surface area contributed by atoms with E-state index in [0.717, 1.165) is 6.42 Å². The highest BCUT2D eigenvalue weighted by molar-refractivity contribution is 5.66. The highest BCUT2D eigenvalue weighted by Gasteiger charge is 2.36. The van der Waals surface area contributed by atoms with Gasteiger partial charge in [0.05, 0.1) is 0 Å². The van der Waals surface area contributed by atoms with Crippen LogP contribution in [0.5, 0.6) is 0 Å². The first kappa shape index (κ1) is 15.0. The van der Waals surface area contributed by atoms with Crippen molar-refractivity contribution in [2.75, 3.05) is 0 Å². The molecule has 0 aromatic carbocycles. The van der Waals surface area contributed by atoms with Gasteiger partial charge in [-0.15, -0.1) is 0 Å². The Labute approximate surface area is 111 Å². The second-order valence-electron chi connectivity index (χ2n) is 6.08. The summed E-state index contributed by atoms with van der Waals surface area (Å²) in [4.78, 5) is 10.9. The normalized spacial score (nSPS) is 28.9. The van der Waals surface area contributed by atoms with Crippen LogP contribution < -0.4 is 0 Å². The van der Waals surface area contributed by atoms with Crippen molar-refractivity contribution in [3.63, 3.8) is 0 Å². The summed E-state index contributed by atoms with van der Waals surface area (Å²) in [5, 5.41) is 0. The van der Waals surface area contributed by atoms with Crippen LogP contribution in [0.3, 0.4) is 0 Å². The molecule has 2 nitrogen and oxygen atoms in total. The average molecular weight is 250 g/mol. The molecule has 0 heterocycles. The van der Waals surface area contributed by atoms with Gasteiger partial charge in [-0.2, -0.15) is 0 Å². The maximum absolute atomic E-state index is 10.9. The number of allylic oxidation sites excluding steroid dienone is 3. The van der Waals surface area contributed by atoms with Crippen LogP contribution in [0.1, 0.15) is 48.0 Å². The smallest absolute Gasteiger partial charge is 0.303 e. The van der Waals surface area contributed by atoms with E-state index in [0.29, 0.717) is 11.8 Å². The third-order valence-electron chi connectivity index (χ3n) is 4.28. The van der Waals surface area contributed by atoms with E-state index < -0.39 is 0 Å². The van der Waals surface area contributed by atoms with Crippen LogP contribution in [0.25, 0.3) is 0 Å². The molecule has 0 amide bonds. The van der Waals surface area contributed by atoms with Crippen molar-refractivity contribution >= 4 is 5.97 Å². The van der Waals surface area contributed by atoms with Crippen LogP contribution in [-0.2, 0) is 9.53 Å². The summed E-state index contributed by atoms with van der Waals surface area (Å²) in [6.07, 6.45) is 7.55. The molecule has 1 aliphatic rings. The van der Waals surface area contributed by atoms with Crippen molar-refractivity contribution in [1.82, 2.24) is 0 Å². The Morgan fingerprint density at radius 1 is 1.56 bits per heavy atom. The highest BCUT2D eigenvalue weighted by atomic mass is 16.5. The first-order chi connectivity index (χ1) is 8.25. The molecule has 0 bridgehead atoms. The van der Waals surface area contributed by atoms with E-state index in [1.54, 1.807) is 0 Å². The summed E-state index contributed by atoms with van der Waals surface area (Å²) < 4.78 is 5.13. The SMILES string of the molecule is CC(=O)O[C@@H](C)C=C[C@H]1C(C)=CC[C@H](C)C1(C)C. The van der Waals surface area contributed by atoms with Crippen molar-refractivity contribution in [2.24, 2.45) is 17.3 Å². The molecule has 0 aromatic rings. The van der Waals surface area contributed by atoms with Crippen LogP contribution in [-0.4, -0.2) is 12.1 Å². The minimum absolute atomic E-state index is 0.150. The number of ether oxygens (including phenoxy) is 1. The van der Waals surface area contributed by atoms with Crippen LogP contribution in [0, 0.1) is 17.3 Å². The molecular weight excluding hydrogens is 224 g/mol. The number of esters is 1. The van der Waals surface area contributed by atoms with Crippen molar-refractivity contribution < 1.29 is 9.53 Å². The number of rotatable bonds is 3. The van der Waals surface area contributed by atoms with Gasteiger partial charge >= 0.3 is 5.97 Å². The summed E-state index contributed by atoms with van der Waals surface area (Å²) in [5.41, 5.74) is 1.68. The zero-order valence-electron chi connectivity index (χ0n) is 12.5. The van der Waals surface area contributed by atoms with Gasteiger partial charge in [0, 0.05) is 12.8 Å². The fourth-order valence-corrected chi connectivity index (χ4v) is 2.66. The van der Waals surface area contributed by atoms with Gasteiger partial charge in [0.15, 0.2) is 0 Å². The highest BCUT2D eigenvalue weighted by Crippen LogP contribution is 2.45. The van der Waals surface area contributed by atoms with Gasteiger partial charge in [-0.05, 0) is 37.7 Å². The molecule has 1 rings (SSSR count). The Bertz CT molecular complexity index is 363. The second kappa shape index (κ2) is 5.73. The lowest BCUT2D eigenvalue weighted by Crippen LogP contribution is -2.33. The van der Waals surface area contributed by atoms with Gasteiger partial charge in [0.2, 0.25) is 0 Å². The monoisotopic (exact) mass is 250 g/mol. The minimum atomic E-state index is -0.226. The summed E-state index contributed by atoms with van der Waals surface area (Å²) in [7, 11) is 0. The predicted octanol–water partition coefficient (Wildman–Crippen LogP) is 4.12. The molecule has 102 valence electrons. The van der Waals surface area contributed by atoms with E-state index in [4.69, 9.17) is 4.74 Å². The molecule has 0 aliphatic heterocycles. The first-order valence-corrected chi connectivity index (χ1v) is 6.77. The third kappa shape index (κ3) is 3.47. The maximum atomic E-state index is 10.9. The van der Waals surface area contributed by atoms with Gasteiger partial charge in [0.25, 0.3) is 0 Å². The van der Waals surface area contributed by atoms with Crippen LogP contribution in [0.2, 0.25) is 0 Å². The number of carbonyl (C=O) groups excluding carboxylic acids is 1. The lowest BCUT2D eigenvalue weighted by atomic mass is 9.63. The van der Waals surface area contributed by atoms with Crippen molar-refractivity contribution in [3.8, 4) is 0 Å². The maximum Gasteiger partial charge on any atom is 0.303 e. The first-order valence-electron chi connectivity index (χ1n) is 6.77. The molecule has 0 aromatic heterocycles. The summed E-state index contributed by atoms with van der Waals surface area (Å²) in [6, 6.07) is 0. The van der Waals surface area contributed by atoms with Gasteiger partial charge in [0.1, 0.15) is 6.10 Å². The lowest BCUT2D eigenvalue weighted by molar-refractivity contribution is -0.143. The molecule has 1 aliphatic carbocycles. The molecule has 0 N–H and O–H groups in total. The third-order valence-corrected chi connectivity index (χ3v) is 4.28. The zero-order valence-corrected chi connectivity index (χ0v) is 12.5. The van der Waals surface area contributed by atoms with Gasteiger partial charge < -0.3 is 4.74 Å². The Hall–Kier alpha value is -1.05. The molecule has 0 fully saturated rings.